The first-order valence-corrected chi connectivity index (χ1v) is 8.70. The van der Waals surface area contributed by atoms with Crippen LogP contribution in [0.2, 0.25) is 0 Å². The molecule has 0 atom stereocenters. The van der Waals surface area contributed by atoms with Gasteiger partial charge in [-0.2, -0.15) is 0 Å². The number of ether oxygens (including phenoxy) is 1. The molecule has 1 heterocycles. The summed E-state index contributed by atoms with van der Waals surface area (Å²) in [5, 5.41) is 12.1. The van der Waals surface area contributed by atoms with Gasteiger partial charge >= 0.3 is 0 Å². The number of rotatable bonds is 7. The van der Waals surface area contributed by atoms with Crippen molar-refractivity contribution in [3.05, 3.63) is 33.2 Å². The smallest absolute Gasteiger partial charge is 0.226 e. The molecule has 0 fully saturated rings. The van der Waals surface area contributed by atoms with E-state index in [0.717, 1.165) is 21.7 Å². The van der Waals surface area contributed by atoms with Crippen LogP contribution in [0.5, 0.6) is 5.75 Å². The Morgan fingerprint density at radius 3 is 2.91 bits per heavy atom. The number of carbonyl (C=O) groups excluding carboxylic acids is 1. The molecule has 0 aliphatic carbocycles. The molecule has 0 saturated carbocycles. The number of nitrogens with one attached hydrogen (secondary N) is 1. The Labute approximate surface area is 142 Å². The first-order valence-electron chi connectivity index (χ1n) is 7.09. The minimum atomic E-state index is -0.0645. The highest BCUT2D eigenvalue weighted by atomic mass is 79.9. The number of amides is 1. The Hall–Kier alpha value is -1.47. The summed E-state index contributed by atoms with van der Waals surface area (Å²) < 4.78 is 6.59. The van der Waals surface area contributed by atoms with Crippen LogP contribution in [0.3, 0.4) is 0 Å². The molecule has 0 spiro atoms. The lowest BCUT2D eigenvalue weighted by Gasteiger charge is -2.08. The maximum absolute atomic E-state index is 11.8. The molecule has 5 nitrogen and oxygen atoms in total. The molecule has 7 heteroatoms. The second-order valence-corrected chi connectivity index (χ2v) is 6.70. The number of benzene rings is 1. The summed E-state index contributed by atoms with van der Waals surface area (Å²) in [7, 11) is 0. The molecule has 2 aromatic rings. The quantitative estimate of drug-likeness (QED) is 0.734. The van der Waals surface area contributed by atoms with Gasteiger partial charge in [0.05, 0.1) is 11.1 Å². The summed E-state index contributed by atoms with van der Waals surface area (Å²) in [5.74, 6) is 0.730. The lowest BCUT2D eigenvalue weighted by atomic mass is 10.2. The van der Waals surface area contributed by atoms with Crippen molar-refractivity contribution in [2.45, 2.75) is 33.1 Å². The van der Waals surface area contributed by atoms with Crippen molar-refractivity contribution in [1.82, 2.24) is 10.2 Å². The van der Waals surface area contributed by atoms with Crippen molar-refractivity contribution in [2.75, 3.05) is 11.9 Å². The van der Waals surface area contributed by atoms with Crippen LogP contribution >= 0.6 is 27.3 Å². The summed E-state index contributed by atoms with van der Waals surface area (Å²) in [6, 6.07) is 5.92. The maximum atomic E-state index is 11.8. The summed E-state index contributed by atoms with van der Waals surface area (Å²) in [4.78, 5) is 11.8. The van der Waals surface area contributed by atoms with E-state index in [1.807, 2.05) is 32.0 Å². The van der Waals surface area contributed by atoms with Crippen LogP contribution < -0.4 is 10.1 Å². The third-order valence-electron chi connectivity index (χ3n) is 2.91. The van der Waals surface area contributed by atoms with Gasteiger partial charge in [-0.3, -0.25) is 4.79 Å². The standard InChI is InChI=1S/C15H18BrN3O2S/c1-3-14-18-19-15(22-14)17-13(20)5-4-8-21-12-7-6-10(2)9-11(12)16/h6-7,9H,3-5,8H2,1-2H3,(H,17,19,20). The van der Waals surface area contributed by atoms with Crippen LogP contribution in [0.1, 0.15) is 30.3 Å². The Morgan fingerprint density at radius 1 is 1.41 bits per heavy atom. The molecule has 0 saturated heterocycles. The van der Waals surface area contributed by atoms with Crippen molar-refractivity contribution >= 4 is 38.3 Å². The number of aromatic nitrogens is 2. The molecule has 0 aliphatic heterocycles. The van der Waals surface area contributed by atoms with Gasteiger partial charge in [0.15, 0.2) is 0 Å². The van der Waals surface area contributed by atoms with Gasteiger partial charge in [0.1, 0.15) is 10.8 Å². The van der Waals surface area contributed by atoms with Gasteiger partial charge in [-0.15, -0.1) is 10.2 Å². The molecular formula is C15H18BrN3O2S. The van der Waals surface area contributed by atoms with Gasteiger partial charge in [-0.05, 0) is 53.4 Å². The number of anilines is 1. The molecule has 1 N–H and O–H groups in total. The first-order chi connectivity index (χ1) is 10.6. The van der Waals surface area contributed by atoms with Crippen LogP contribution in [0.15, 0.2) is 22.7 Å². The summed E-state index contributed by atoms with van der Waals surface area (Å²) in [6.45, 7) is 4.52. The second-order valence-electron chi connectivity index (χ2n) is 4.79. The highest BCUT2D eigenvalue weighted by Gasteiger charge is 2.07. The van der Waals surface area contributed by atoms with Crippen LogP contribution in [-0.4, -0.2) is 22.7 Å². The zero-order chi connectivity index (χ0) is 15.9. The van der Waals surface area contributed by atoms with Crippen molar-refractivity contribution in [3.8, 4) is 5.75 Å². The van der Waals surface area contributed by atoms with Crippen molar-refractivity contribution in [2.24, 2.45) is 0 Å². The van der Waals surface area contributed by atoms with Crippen LogP contribution in [0.4, 0.5) is 5.13 Å². The van der Waals surface area contributed by atoms with Crippen LogP contribution in [0, 0.1) is 6.92 Å². The Balaban J connectivity index is 1.70. The van der Waals surface area contributed by atoms with Gasteiger partial charge in [0.25, 0.3) is 0 Å². The monoisotopic (exact) mass is 383 g/mol. The summed E-state index contributed by atoms with van der Waals surface area (Å²) >= 11 is 4.87. The van der Waals surface area contributed by atoms with Crippen molar-refractivity contribution in [3.63, 3.8) is 0 Å². The van der Waals surface area contributed by atoms with E-state index in [-0.39, 0.29) is 5.91 Å². The molecule has 2 rings (SSSR count). The lowest BCUT2D eigenvalue weighted by molar-refractivity contribution is -0.116. The van der Waals surface area contributed by atoms with E-state index < -0.39 is 0 Å². The SMILES string of the molecule is CCc1nnc(NC(=O)CCCOc2ccc(C)cc2Br)s1. The topological polar surface area (TPSA) is 64.1 Å². The largest absolute Gasteiger partial charge is 0.492 e. The molecule has 1 aromatic carbocycles. The van der Waals surface area contributed by atoms with Crippen molar-refractivity contribution in [1.29, 1.82) is 0 Å². The molecule has 1 aromatic heterocycles. The number of hydrogen-bond donors (Lipinski definition) is 1. The lowest BCUT2D eigenvalue weighted by Crippen LogP contribution is -2.12. The molecule has 0 aliphatic rings. The third kappa shape index (κ3) is 5.06. The second kappa shape index (κ2) is 8.24. The van der Waals surface area contributed by atoms with Gasteiger partial charge in [0, 0.05) is 6.42 Å². The fourth-order valence-corrected chi connectivity index (χ4v) is 3.07. The van der Waals surface area contributed by atoms with Crippen LogP contribution in [-0.2, 0) is 11.2 Å². The maximum Gasteiger partial charge on any atom is 0.226 e. The molecule has 118 valence electrons. The van der Waals surface area contributed by atoms with Gasteiger partial charge in [-0.1, -0.05) is 24.3 Å². The van der Waals surface area contributed by atoms with E-state index in [1.165, 1.54) is 16.9 Å². The average Bonchev–Trinajstić information content (AvgIpc) is 2.93. The minimum absolute atomic E-state index is 0.0645. The van der Waals surface area contributed by atoms with E-state index in [4.69, 9.17) is 4.74 Å². The van der Waals surface area contributed by atoms with Gasteiger partial charge < -0.3 is 10.1 Å². The number of carbonyl (C=O) groups is 1. The van der Waals surface area contributed by atoms with Gasteiger partial charge in [-0.25, -0.2) is 0 Å². The fraction of sp³-hybridized carbons (Fsp3) is 0.400. The minimum Gasteiger partial charge on any atom is -0.492 e. The molecule has 0 radical (unpaired) electrons. The third-order valence-corrected chi connectivity index (χ3v) is 4.51. The molecule has 1 amide bonds. The van der Waals surface area contributed by atoms with Gasteiger partial charge in [0.2, 0.25) is 11.0 Å². The van der Waals surface area contributed by atoms with Crippen LogP contribution in [0.25, 0.3) is 0 Å². The predicted molar refractivity (Wildman–Crippen MR) is 91.5 cm³/mol. The Morgan fingerprint density at radius 2 is 2.23 bits per heavy atom. The van der Waals surface area contributed by atoms with E-state index >= 15 is 0 Å². The average molecular weight is 384 g/mol. The highest BCUT2D eigenvalue weighted by molar-refractivity contribution is 9.10. The Bertz CT molecular complexity index is 645. The number of halogens is 1. The highest BCUT2D eigenvalue weighted by Crippen LogP contribution is 2.25. The fourth-order valence-electron chi connectivity index (χ4n) is 1.77. The summed E-state index contributed by atoms with van der Waals surface area (Å²) in [6.07, 6.45) is 1.86. The molecule has 0 unspecified atom stereocenters. The molecular weight excluding hydrogens is 366 g/mol. The zero-order valence-electron chi connectivity index (χ0n) is 12.6. The molecule has 22 heavy (non-hydrogen) atoms. The van der Waals surface area contributed by atoms with E-state index in [9.17, 15) is 4.79 Å². The number of nitrogens with zero attached hydrogens (tertiary/aromatic N) is 2. The summed E-state index contributed by atoms with van der Waals surface area (Å²) in [5.41, 5.74) is 1.17. The van der Waals surface area contributed by atoms with Crippen molar-refractivity contribution < 1.29 is 9.53 Å². The normalized spacial score (nSPS) is 10.5. The number of aryl methyl sites for hydroxylation is 2. The van der Waals surface area contributed by atoms with E-state index in [1.54, 1.807) is 0 Å². The predicted octanol–water partition coefficient (Wildman–Crippen LogP) is 3.97. The zero-order valence-corrected chi connectivity index (χ0v) is 15.0. The van der Waals surface area contributed by atoms with E-state index in [2.05, 4.69) is 31.4 Å². The molecule has 0 bridgehead atoms. The first kappa shape index (κ1) is 16.9. The number of hydrogen-bond acceptors (Lipinski definition) is 5. The Kier molecular flexibility index (Phi) is 6.33. The van der Waals surface area contributed by atoms with E-state index in [0.29, 0.717) is 24.6 Å².